The van der Waals surface area contributed by atoms with E-state index in [1.165, 1.54) is 6.92 Å². The van der Waals surface area contributed by atoms with Crippen LogP contribution in [0, 0.1) is 11.8 Å². The Hall–Kier alpha value is -1.95. The number of hydrogen-bond donors (Lipinski definition) is 3. The van der Waals surface area contributed by atoms with Gasteiger partial charge in [-0.15, -0.1) is 5.92 Å². The van der Waals surface area contributed by atoms with Crippen LogP contribution in [-0.4, -0.2) is 44.2 Å². The number of alkyl halides is 1. The largest absolute Gasteiger partial charge is 0.394 e. The molecule has 2 rings (SSSR count). The summed E-state index contributed by atoms with van der Waals surface area (Å²) in [4.78, 5) is 24.7. The third-order valence-corrected chi connectivity index (χ3v) is 2.90. The molecule has 0 bridgehead atoms. The third-order valence-electron chi connectivity index (χ3n) is 2.90. The first-order valence-electron chi connectivity index (χ1n) is 6.61. The van der Waals surface area contributed by atoms with Crippen molar-refractivity contribution in [3.05, 3.63) is 33.1 Å². The van der Waals surface area contributed by atoms with Gasteiger partial charge in [0.05, 0.1) is 9.30 Å². The highest BCUT2D eigenvalue weighted by atomic mass is 19.1. The molecule has 1 fully saturated rings. The van der Waals surface area contributed by atoms with Crippen molar-refractivity contribution < 1.29 is 22.1 Å². The summed E-state index contributed by atoms with van der Waals surface area (Å²) in [6.45, 7) is -1.78. The van der Waals surface area contributed by atoms with Crippen LogP contribution in [0.4, 0.5) is 4.39 Å². The summed E-state index contributed by atoms with van der Waals surface area (Å²) in [5.74, 6) is 4.27. The maximum atomic E-state index is 15.0. The summed E-state index contributed by atoms with van der Waals surface area (Å²) >= 11 is 0. The van der Waals surface area contributed by atoms with Crippen LogP contribution in [0.15, 0.2) is 21.9 Å². The molecule has 20 heavy (non-hydrogen) atoms. The van der Waals surface area contributed by atoms with Crippen molar-refractivity contribution in [2.24, 2.45) is 0 Å². The Morgan fingerprint density at radius 2 is 2.40 bits per heavy atom. The van der Waals surface area contributed by atoms with Gasteiger partial charge in [-0.3, -0.25) is 14.3 Å². The number of halogens is 1. The molecule has 0 aliphatic carbocycles. The molecule has 1 aromatic rings. The Morgan fingerprint density at radius 1 is 1.70 bits per heavy atom. The molecule has 1 saturated heterocycles. The molecule has 3 N–H and O–H groups in total. The van der Waals surface area contributed by atoms with Crippen molar-refractivity contribution in [2.75, 3.05) is 6.56 Å². The molecule has 4 atom stereocenters. The van der Waals surface area contributed by atoms with Gasteiger partial charge in [0.2, 0.25) is 5.67 Å². The van der Waals surface area contributed by atoms with Gasteiger partial charge < -0.3 is 14.9 Å². The second kappa shape index (κ2) is 5.20. The first-order valence-corrected chi connectivity index (χ1v) is 5.61. The summed E-state index contributed by atoms with van der Waals surface area (Å²) in [5, 5.41) is 19.3. The lowest BCUT2D eigenvalue weighted by molar-refractivity contribution is -0.0543. The number of aromatic nitrogens is 2. The average Bonchev–Trinajstić information content (AvgIpc) is 2.63. The second-order valence-electron chi connectivity index (χ2n) is 4.14. The Morgan fingerprint density at radius 3 is 2.95 bits per heavy atom. The van der Waals surface area contributed by atoms with E-state index >= 15 is 4.39 Å². The Bertz CT molecular complexity index is 747. The molecule has 1 aliphatic heterocycles. The molecule has 8 heteroatoms. The van der Waals surface area contributed by atoms with E-state index in [1.54, 1.807) is 0 Å². The highest BCUT2D eigenvalue weighted by molar-refractivity contribution is 5.22. The number of hydrogen-bond acceptors (Lipinski definition) is 5. The fourth-order valence-corrected chi connectivity index (χ4v) is 1.99. The maximum absolute atomic E-state index is 15.0. The molecule has 1 aromatic heterocycles. The van der Waals surface area contributed by atoms with E-state index < -0.39 is 41.9 Å². The summed E-state index contributed by atoms with van der Waals surface area (Å²) in [6.07, 6.45) is -5.03. The molecule has 1 aliphatic rings. The van der Waals surface area contributed by atoms with Crippen molar-refractivity contribution in [2.45, 2.75) is 31.0 Å². The maximum Gasteiger partial charge on any atom is 0.330 e. The Labute approximate surface area is 115 Å². The van der Waals surface area contributed by atoms with Crippen LogP contribution in [0.2, 0.25) is 0 Å². The van der Waals surface area contributed by atoms with Gasteiger partial charge in [0.1, 0.15) is 12.2 Å². The topological polar surface area (TPSA) is 105 Å². The van der Waals surface area contributed by atoms with E-state index in [2.05, 4.69) is 5.92 Å². The lowest BCUT2D eigenvalue weighted by Crippen LogP contribution is -2.45. The SMILES string of the molecule is [2H]C([2H])(O)[C@H]1O[C@@H](n2ccc(=O)[nH]c2=O)[C@@](F)(C#CC)C1O. The van der Waals surface area contributed by atoms with Gasteiger partial charge in [0.15, 0.2) is 6.23 Å². The van der Waals surface area contributed by atoms with E-state index in [0.29, 0.717) is 4.57 Å². The van der Waals surface area contributed by atoms with E-state index in [4.69, 9.17) is 7.48 Å². The number of H-pyrrole nitrogens is 1. The molecule has 2 heterocycles. The van der Waals surface area contributed by atoms with Gasteiger partial charge in [-0.1, -0.05) is 5.92 Å². The lowest BCUT2D eigenvalue weighted by atomic mass is 9.96. The van der Waals surface area contributed by atoms with Crippen LogP contribution >= 0.6 is 0 Å². The normalized spacial score (nSPS) is 34.9. The van der Waals surface area contributed by atoms with Crippen molar-refractivity contribution in [3.8, 4) is 11.8 Å². The zero-order chi connectivity index (χ0) is 16.7. The number of aliphatic hydroxyl groups excluding tert-OH is 1. The number of aromatic amines is 1. The van der Waals surface area contributed by atoms with Crippen LogP contribution in [0.5, 0.6) is 0 Å². The molecule has 0 aromatic carbocycles. The number of ether oxygens (including phenoxy) is 1. The van der Waals surface area contributed by atoms with Crippen LogP contribution in [0.3, 0.4) is 0 Å². The monoisotopic (exact) mass is 286 g/mol. The minimum atomic E-state index is -3.06. The minimum absolute atomic E-state index is 0.626. The zero-order valence-corrected chi connectivity index (χ0v) is 10.3. The molecule has 0 amide bonds. The van der Waals surface area contributed by atoms with E-state index in [0.717, 1.165) is 12.3 Å². The van der Waals surface area contributed by atoms with Crippen LogP contribution in [0.1, 0.15) is 15.9 Å². The van der Waals surface area contributed by atoms with Crippen LogP contribution in [0.25, 0.3) is 0 Å². The number of rotatable bonds is 2. The van der Waals surface area contributed by atoms with Crippen molar-refractivity contribution in [3.63, 3.8) is 0 Å². The van der Waals surface area contributed by atoms with E-state index in [1.807, 2.05) is 10.9 Å². The number of nitrogens with zero attached hydrogens (tertiary/aromatic N) is 1. The van der Waals surface area contributed by atoms with Crippen molar-refractivity contribution in [1.82, 2.24) is 9.55 Å². The fraction of sp³-hybridized carbons (Fsp3) is 0.500. The van der Waals surface area contributed by atoms with E-state index in [9.17, 15) is 19.8 Å². The second-order valence-corrected chi connectivity index (χ2v) is 4.14. The van der Waals surface area contributed by atoms with Crippen LogP contribution < -0.4 is 11.2 Å². The highest BCUT2D eigenvalue weighted by Gasteiger charge is 2.57. The first kappa shape index (κ1) is 11.8. The molecular formula is C12H13FN2O5. The fourth-order valence-electron chi connectivity index (χ4n) is 1.99. The predicted octanol–water partition coefficient (Wildman–Crippen LogP) is -1.48. The predicted molar refractivity (Wildman–Crippen MR) is 65.6 cm³/mol. The summed E-state index contributed by atoms with van der Waals surface area (Å²) < 4.78 is 35.0. The quantitative estimate of drug-likeness (QED) is 0.575. The third kappa shape index (κ3) is 2.16. The van der Waals surface area contributed by atoms with Gasteiger partial charge in [0, 0.05) is 12.3 Å². The molecule has 0 spiro atoms. The molecule has 7 nitrogen and oxygen atoms in total. The van der Waals surface area contributed by atoms with Gasteiger partial charge in [-0.2, -0.15) is 0 Å². The molecule has 1 unspecified atom stereocenters. The van der Waals surface area contributed by atoms with Crippen molar-refractivity contribution >= 4 is 0 Å². The Balaban J connectivity index is 2.59. The first-order chi connectivity index (χ1) is 10.1. The molecule has 0 radical (unpaired) electrons. The summed E-state index contributed by atoms with van der Waals surface area (Å²) in [6, 6.07) is 0.928. The number of nitrogens with one attached hydrogen (secondary N) is 1. The van der Waals surface area contributed by atoms with Crippen molar-refractivity contribution in [1.29, 1.82) is 0 Å². The Kier molecular flexibility index (Phi) is 3.08. The summed E-state index contributed by atoms with van der Waals surface area (Å²) in [7, 11) is 0. The average molecular weight is 286 g/mol. The molecule has 108 valence electrons. The van der Waals surface area contributed by atoms with Gasteiger partial charge in [-0.25, -0.2) is 9.18 Å². The minimum Gasteiger partial charge on any atom is -0.394 e. The smallest absolute Gasteiger partial charge is 0.330 e. The molecular weight excluding hydrogens is 271 g/mol. The van der Waals surface area contributed by atoms with Gasteiger partial charge in [0.25, 0.3) is 5.56 Å². The standard InChI is InChI=1S/C12H13FN2O5/c1-2-4-12(13)9(18)7(6-16)20-10(12)15-5-3-8(17)14-11(15)19/h3,5,7,9-10,16,18H,6H2,1H3,(H,14,17,19)/t7-,9?,10-,12-/m1/s1/i6D2. The van der Waals surface area contributed by atoms with Gasteiger partial charge >= 0.3 is 5.69 Å². The number of aliphatic hydroxyl groups is 2. The zero-order valence-electron chi connectivity index (χ0n) is 12.3. The van der Waals surface area contributed by atoms with Crippen LogP contribution in [-0.2, 0) is 4.74 Å². The van der Waals surface area contributed by atoms with E-state index in [-0.39, 0.29) is 0 Å². The summed E-state index contributed by atoms with van der Waals surface area (Å²) in [5.41, 5.74) is -4.60. The lowest BCUT2D eigenvalue weighted by Gasteiger charge is -2.23. The highest BCUT2D eigenvalue weighted by Crippen LogP contribution is 2.40. The van der Waals surface area contributed by atoms with Gasteiger partial charge in [-0.05, 0) is 6.92 Å². The molecule has 0 saturated carbocycles.